The van der Waals surface area contributed by atoms with Gasteiger partial charge < -0.3 is 0 Å². The molecule has 0 aliphatic rings. The van der Waals surface area contributed by atoms with Crippen LogP contribution in [0.3, 0.4) is 0 Å². The summed E-state index contributed by atoms with van der Waals surface area (Å²) in [6.07, 6.45) is 0.872. The quantitative estimate of drug-likeness (QED) is 0.358. The fraction of sp³-hybridized carbons (Fsp3) is 0. The van der Waals surface area contributed by atoms with Crippen LogP contribution in [0.15, 0.2) is 77.2 Å². The van der Waals surface area contributed by atoms with E-state index < -0.39 is 21.2 Å². The molecule has 3 aromatic carbocycles. The maximum absolute atomic E-state index is 13.2. The summed E-state index contributed by atoms with van der Waals surface area (Å²) < 4.78 is 21.2. The Morgan fingerprint density at radius 1 is 0.880 bits per heavy atom. The van der Waals surface area contributed by atoms with Gasteiger partial charge in [-0.15, -0.1) is 0 Å². The van der Waals surface area contributed by atoms with Crippen molar-refractivity contribution in [2.45, 2.75) is 0 Å². The number of carbonyl (C=O) groups excluding carboxylic acids is 1. The first-order valence-corrected chi connectivity index (χ1v) is 9.88. The Bertz CT molecular complexity index is 1040. The topological polar surface area (TPSA) is 30.2 Å². The van der Waals surface area contributed by atoms with Crippen LogP contribution in [0.4, 0.5) is 4.39 Å². The SMILES string of the molecule is O=Cc1c([I-]c2ccccc2)oc2cccc(-c3ccc(F)cc3)c12. The molecule has 0 atom stereocenters. The monoisotopic (exact) mass is 443 g/mol. The van der Waals surface area contributed by atoms with Gasteiger partial charge in [-0.1, -0.05) is 0 Å². The van der Waals surface area contributed by atoms with E-state index in [1.807, 2.05) is 36.4 Å². The van der Waals surface area contributed by atoms with Crippen LogP contribution < -0.4 is 21.2 Å². The zero-order valence-corrected chi connectivity index (χ0v) is 15.2. The van der Waals surface area contributed by atoms with Crippen molar-refractivity contribution in [3.63, 3.8) is 0 Å². The summed E-state index contributed by atoms with van der Waals surface area (Å²) in [5.74, 6) is -0.283. The van der Waals surface area contributed by atoms with Crippen molar-refractivity contribution in [1.29, 1.82) is 0 Å². The fourth-order valence-corrected chi connectivity index (χ4v) is 5.14. The Labute approximate surface area is 154 Å². The van der Waals surface area contributed by atoms with Crippen LogP contribution in [0.1, 0.15) is 10.4 Å². The molecule has 0 amide bonds. The molecule has 1 heterocycles. The summed E-state index contributed by atoms with van der Waals surface area (Å²) >= 11 is -0.594. The molecule has 25 heavy (non-hydrogen) atoms. The number of carbonyl (C=O) groups is 1. The van der Waals surface area contributed by atoms with Crippen molar-refractivity contribution < 1.29 is 34.8 Å². The van der Waals surface area contributed by atoms with E-state index >= 15 is 0 Å². The van der Waals surface area contributed by atoms with Crippen LogP contribution in [0.25, 0.3) is 22.1 Å². The average molecular weight is 443 g/mol. The number of rotatable bonds is 4. The number of halogens is 2. The predicted octanol–water partition coefficient (Wildman–Crippen LogP) is 2.18. The first-order valence-electron chi connectivity index (χ1n) is 7.73. The molecule has 0 bridgehead atoms. The molecule has 4 aromatic rings. The summed E-state index contributed by atoms with van der Waals surface area (Å²) in [6, 6.07) is 22.0. The van der Waals surface area contributed by atoms with Crippen molar-refractivity contribution in [3.8, 4) is 11.1 Å². The molecule has 4 heteroatoms. The normalized spacial score (nSPS) is 11.1. The Balaban J connectivity index is 1.89. The van der Waals surface area contributed by atoms with E-state index in [9.17, 15) is 9.18 Å². The number of hydrogen-bond donors (Lipinski definition) is 0. The van der Waals surface area contributed by atoms with Crippen molar-refractivity contribution in [3.05, 3.63) is 91.5 Å². The zero-order chi connectivity index (χ0) is 17.2. The molecule has 0 N–H and O–H groups in total. The van der Waals surface area contributed by atoms with Crippen LogP contribution in [-0.2, 0) is 0 Å². The second-order valence-corrected chi connectivity index (χ2v) is 8.25. The van der Waals surface area contributed by atoms with Crippen LogP contribution in [0.2, 0.25) is 0 Å². The molecule has 0 unspecified atom stereocenters. The van der Waals surface area contributed by atoms with E-state index in [2.05, 4.69) is 12.1 Å². The molecular formula is C21H13FIO2-. The molecule has 4 rings (SSSR count). The second-order valence-electron chi connectivity index (χ2n) is 5.48. The summed E-state index contributed by atoms with van der Waals surface area (Å²) in [5.41, 5.74) is 3.04. The van der Waals surface area contributed by atoms with E-state index in [0.29, 0.717) is 11.1 Å². The summed E-state index contributed by atoms with van der Waals surface area (Å²) in [5, 5.41) is 0.801. The molecule has 124 valence electrons. The molecule has 0 aliphatic carbocycles. The van der Waals surface area contributed by atoms with Gasteiger partial charge in [0.1, 0.15) is 0 Å². The molecule has 0 fully saturated rings. The summed E-state index contributed by atoms with van der Waals surface area (Å²) in [7, 11) is 0. The molecule has 0 radical (unpaired) electrons. The van der Waals surface area contributed by atoms with E-state index in [4.69, 9.17) is 4.42 Å². The van der Waals surface area contributed by atoms with Crippen LogP contribution in [0.5, 0.6) is 0 Å². The molecule has 0 saturated heterocycles. The van der Waals surface area contributed by atoms with Crippen LogP contribution in [0, 0.1) is 13.2 Å². The third-order valence-electron chi connectivity index (χ3n) is 3.91. The van der Waals surface area contributed by atoms with Crippen molar-refractivity contribution >= 4 is 17.3 Å². The fourth-order valence-electron chi connectivity index (χ4n) is 2.77. The molecule has 0 aliphatic heterocycles. The van der Waals surface area contributed by atoms with E-state index in [0.717, 1.165) is 26.6 Å². The number of hydrogen-bond acceptors (Lipinski definition) is 2. The number of fused-ring (bicyclic) bond motifs is 1. The standard InChI is InChI=1S/C21H13FIO2/c22-15-11-9-14(10-12-15)17-7-4-8-19-20(17)18(13-24)21(25-19)23-16-5-2-1-3-6-16/h1-13H/q-1. The summed E-state index contributed by atoms with van der Waals surface area (Å²) in [6.45, 7) is 0. The van der Waals surface area contributed by atoms with Gasteiger partial charge in [-0.2, -0.15) is 0 Å². The van der Waals surface area contributed by atoms with Crippen molar-refractivity contribution in [2.75, 3.05) is 0 Å². The van der Waals surface area contributed by atoms with Gasteiger partial charge in [0.2, 0.25) is 0 Å². The minimum absolute atomic E-state index is 0.283. The van der Waals surface area contributed by atoms with Gasteiger partial charge in [-0.05, 0) is 0 Å². The second kappa shape index (κ2) is 6.80. The van der Waals surface area contributed by atoms with Crippen molar-refractivity contribution in [1.82, 2.24) is 0 Å². The summed E-state index contributed by atoms with van der Waals surface area (Å²) in [4.78, 5) is 11.8. The van der Waals surface area contributed by atoms with Gasteiger partial charge >= 0.3 is 155 Å². The average Bonchev–Trinajstić information content (AvgIpc) is 3.00. The molecule has 0 saturated carbocycles. The van der Waals surface area contributed by atoms with Gasteiger partial charge in [0.05, 0.1) is 0 Å². The Morgan fingerprint density at radius 2 is 1.64 bits per heavy atom. The number of benzene rings is 3. The zero-order valence-electron chi connectivity index (χ0n) is 13.1. The minimum atomic E-state index is -0.594. The molecule has 0 spiro atoms. The molecular weight excluding hydrogens is 430 g/mol. The molecule has 1 aromatic heterocycles. The van der Waals surface area contributed by atoms with Gasteiger partial charge in [0.25, 0.3) is 0 Å². The third kappa shape index (κ3) is 3.09. The Kier molecular flexibility index (Phi) is 4.36. The van der Waals surface area contributed by atoms with Crippen LogP contribution in [-0.4, -0.2) is 6.29 Å². The Hall–Kier alpha value is -2.47. The first-order chi connectivity index (χ1) is 12.3. The van der Waals surface area contributed by atoms with E-state index in [1.165, 1.54) is 15.7 Å². The maximum atomic E-state index is 13.2. The molecule has 2 nitrogen and oxygen atoms in total. The third-order valence-corrected chi connectivity index (χ3v) is 6.54. The van der Waals surface area contributed by atoms with Gasteiger partial charge in [-0.3, -0.25) is 0 Å². The number of aldehydes is 1. The predicted molar refractivity (Wildman–Crippen MR) is 90.8 cm³/mol. The van der Waals surface area contributed by atoms with Crippen LogP contribution >= 0.6 is 0 Å². The first kappa shape index (κ1) is 16.0. The van der Waals surface area contributed by atoms with Crippen molar-refractivity contribution in [2.24, 2.45) is 0 Å². The van der Waals surface area contributed by atoms with E-state index in [-0.39, 0.29) is 5.82 Å². The van der Waals surface area contributed by atoms with Gasteiger partial charge in [-0.25, -0.2) is 0 Å². The Morgan fingerprint density at radius 3 is 2.36 bits per heavy atom. The van der Waals surface area contributed by atoms with Gasteiger partial charge in [0.15, 0.2) is 0 Å². The number of furan rings is 1. The van der Waals surface area contributed by atoms with Gasteiger partial charge in [0, 0.05) is 0 Å². The van der Waals surface area contributed by atoms with E-state index in [1.54, 1.807) is 12.1 Å².